The SMILES string of the molecule is CC(N)C1CCCCN1C(=O)C1CCCN(C(=O)N2CCCC2)C1.Cl. The number of nitrogens with two attached hydrogens (primary N) is 1. The molecule has 7 heteroatoms. The summed E-state index contributed by atoms with van der Waals surface area (Å²) in [5, 5.41) is 0. The van der Waals surface area contributed by atoms with Crippen LogP contribution in [0.5, 0.6) is 0 Å². The lowest BCUT2D eigenvalue weighted by atomic mass is 9.91. The van der Waals surface area contributed by atoms with E-state index in [9.17, 15) is 9.59 Å². The molecule has 0 aromatic heterocycles. The van der Waals surface area contributed by atoms with Gasteiger partial charge in [-0.15, -0.1) is 12.4 Å². The highest BCUT2D eigenvalue weighted by atomic mass is 35.5. The Hall–Kier alpha value is -1.01. The first-order chi connectivity index (χ1) is 11.6. The molecule has 0 spiro atoms. The first kappa shape index (κ1) is 20.3. The highest BCUT2D eigenvalue weighted by molar-refractivity contribution is 5.85. The molecule has 3 aliphatic rings. The number of hydrogen-bond acceptors (Lipinski definition) is 3. The number of amides is 3. The minimum absolute atomic E-state index is 0. The number of piperidine rings is 2. The molecule has 0 aromatic carbocycles. The van der Waals surface area contributed by atoms with Crippen LogP contribution in [0.15, 0.2) is 0 Å². The molecule has 3 fully saturated rings. The topological polar surface area (TPSA) is 69.9 Å². The third kappa shape index (κ3) is 4.59. The molecule has 0 radical (unpaired) electrons. The summed E-state index contributed by atoms with van der Waals surface area (Å²) < 4.78 is 0. The van der Waals surface area contributed by atoms with Crippen LogP contribution in [0.2, 0.25) is 0 Å². The van der Waals surface area contributed by atoms with Crippen molar-refractivity contribution in [3.05, 3.63) is 0 Å². The molecule has 144 valence electrons. The molecule has 25 heavy (non-hydrogen) atoms. The fourth-order valence-corrected chi connectivity index (χ4v) is 4.47. The van der Waals surface area contributed by atoms with Gasteiger partial charge in [-0.2, -0.15) is 0 Å². The minimum Gasteiger partial charge on any atom is -0.338 e. The number of carbonyl (C=O) groups is 2. The van der Waals surface area contributed by atoms with Crippen LogP contribution in [0.25, 0.3) is 0 Å². The Labute approximate surface area is 157 Å². The maximum atomic E-state index is 13.1. The minimum atomic E-state index is -0.0512. The number of halogens is 1. The van der Waals surface area contributed by atoms with E-state index in [1.165, 1.54) is 0 Å². The van der Waals surface area contributed by atoms with Gasteiger partial charge in [-0.3, -0.25) is 4.79 Å². The Morgan fingerprint density at radius 3 is 2.24 bits per heavy atom. The van der Waals surface area contributed by atoms with Crippen molar-refractivity contribution in [3.8, 4) is 0 Å². The standard InChI is InChI=1S/C18H32N4O2.ClH/c1-14(19)16-8-2-3-12-22(16)17(23)15-7-6-11-21(13-15)18(24)20-9-4-5-10-20;/h14-16H,2-13,19H2,1H3;1H. The predicted octanol–water partition coefficient (Wildman–Crippen LogP) is 2.06. The van der Waals surface area contributed by atoms with Crippen molar-refractivity contribution in [2.75, 3.05) is 32.7 Å². The second-order valence-electron chi connectivity index (χ2n) is 7.72. The lowest BCUT2D eigenvalue weighted by molar-refractivity contribution is -0.141. The normalized spacial score (nSPS) is 28.5. The zero-order valence-electron chi connectivity index (χ0n) is 15.4. The Bertz CT molecular complexity index is 468. The van der Waals surface area contributed by atoms with Crippen molar-refractivity contribution >= 4 is 24.3 Å². The predicted molar refractivity (Wildman–Crippen MR) is 101 cm³/mol. The molecule has 0 bridgehead atoms. The quantitative estimate of drug-likeness (QED) is 0.806. The van der Waals surface area contributed by atoms with Crippen molar-refractivity contribution in [2.45, 2.75) is 64.0 Å². The van der Waals surface area contributed by atoms with Gasteiger partial charge < -0.3 is 20.4 Å². The van der Waals surface area contributed by atoms with Crippen molar-refractivity contribution in [1.29, 1.82) is 0 Å². The van der Waals surface area contributed by atoms with Gasteiger partial charge in [0, 0.05) is 44.8 Å². The smallest absolute Gasteiger partial charge is 0.320 e. The number of likely N-dealkylation sites (tertiary alicyclic amines) is 3. The zero-order chi connectivity index (χ0) is 17.1. The summed E-state index contributed by atoms with van der Waals surface area (Å²) in [5.74, 6) is 0.167. The third-order valence-corrected chi connectivity index (χ3v) is 5.86. The van der Waals surface area contributed by atoms with Gasteiger partial charge in [0.1, 0.15) is 0 Å². The summed E-state index contributed by atoms with van der Waals surface area (Å²) >= 11 is 0. The van der Waals surface area contributed by atoms with E-state index in [1.807, 2.05) is 21.6 Å². The Balaban J connectivity index is 0.00000225. The number of hydrogen-bond donors (Lipinski definition) is 1. The van der Waals surface area contributed by atoms with E-state index in [4.69, 9.17) is 5.73 Å². The molecule has 6 nitrogen and oxygen atoms in total. The van der Waals surface area contributed by atoms with Gasteiger partial charge in [0.15, 0.2) is 0 Å². The summed E-state index contributed by atoms with van der Waals surface area (Å²) in [6.07, 6.45) is 7.25. The second-order valence-corrected chi connectivity index (χ2v) is 7.72. The second kappa shape index (κ2) is 9.08. The molecule has 3 saturated heterocycles. The van der Waals surface area contributed by atoms with Crippen molar-refractivity contribution in [1.82, 2.24) is 14.7 Å². The van der Waals surface area contributed by atoms with Crippen LogP contribution in [-0.4, -0.2) is 71.4 Å². The van der Waals surface area contributed by atoms with Gasteiger partial charge in [-0.05, 0) is 51.9 Å². The fraction of sp³-hybridized carbons (Fsp3) is 0.889. The largest absolute Gasteiger partial charge is 0.338 e. The molecule has 0 saturated carbocycles. The van der Waals surface area contributed by atoms with Crippen molar-refractivity contribution < 1.29 is 9.59 Å². The molecule has 0 aromatic rings. The molecular formula is C18H33ClN4O2. The summed E-state index contributed by atoms with van der Waals surface area (Å²) in [5.41, 5.74) is 6.12. The summed E-state index contributed by atoms with van der Waals surface area (Å²) in [6.45, 7) is 5.92. The lowest BCUT2D eigenvalue weighted by Gasteiger charge is -2.42. The fourth-order valence-electron chi connectivity index (χ4n) is 4.47. The molecule has 2 N–H and O–H groups in total. The average molecular weight is 373 g/mol. The van der Waals surface area contributed by atoms with Crippen LogP contribution in [-0.2, 0) is 4.79 Å². The summed E-state index contributed by atoms with van der Waals surface area (Å²) in [4.78, 5) is 31.6. The van der Waals surface area contributed by atoms with E-state index in [0.717, 1.165) is 71.1 Å². The van der Waals surface area contributed by atoms with Crippen LogP contribution < -0.4 is 5.73 Å². The molecule has 3 aliphatic heterocycles. The molecule has 3 unspecified atom stereocenters. The van der Waals surface area contributed by atoms with Gasteiger partial charge in [0.05, 0.1) is 5.92 Å². The Kier molecular flexibility index (Phi) is 7.37. The maximum Gasteiger partial charge on any atom is 0.320 e. The zero-order valence-corrected chi connectivity index (χ0v) is 16.2. The van der Waals surface area contributed by atoms with E-state index < -0.39 is 0 Å². The molecule has 3 atom stereocenters. The first-order valence-corrected chi connectivity index (χ1v) is 9.68. The van der Waals surface area contributed by atoms with Gasteiger partial charge in [-0.1, -0.05) is 0 Å². The van der Waals surface area contributed by atoms with E-state index in [1.54, 1.807) is 0 Å². The Morgan fingerprint density at radius 2 is 1.56 bits per heavy atom. The van der Waals surface area contributed by atoms with Crippen molar-refractivity contribution in [3.63, 3.8) is 0 Å². The molecule has 0 aliphatic carbocycles. The highest BCUT2D eigenvalue weighted by Crippen LogP contribution is 2.26. The number of nitrogens with zero attached hydrogens (tertiary/aromatic N) is 3. The van der Waals surface area contributed by atoms with E-state index in [0.29, 0.717) is 6.54 Å². The van der Waals surface area contributed by atoms with Crippen LogP contribution in [0.4, 0.5) is 4.79 Å². The number of rotatable bonds is 2. The van der Waals surface area contributed by atoms with Gasteiger partial charge >= 0.3 is 6.03 Å². The van der Waals surface area contributed by atoms with Crippen LogP contribution in [0.1, 0.15) is 51.9 Å². The van der Waals surface area contributed by atoms with Gasteiger partial charge in [-0.25, -0.2) is 4.79 Å². The summed E-state index contributed by atoms with van der Waals surface area (Å²) in [6, 6.07) is 0.309. The molecule has 3 heterocycles. The number of urea groups is 1. The van der Waals surface area contributed by atoms with Crippen LogP contribution in [0.3, 0.4) is 0 Å². The van der Waals surface area contributed by atoms with Gasteiger partial charge in [0.25, 0.3) is 0 Å². The van der Waals surface area contributed by atoms with Gasteiger partial charge in [0.2, 0.25) is 5.91 Å². The van der Waals surface area contributed by atoms with E-state index in [2.05, 4.69) is 0 Å². The molecular weight excluding hydrogens is 340 g/mol. The highest BCUT2D eigenvalue weighted by Gasteiger charge is 2.37. The molecule has 3 amide bonds. The van der Waals surface area contributed by atoms with E-state index in [-0.39, 0.29) is 42.3 Å². The monoisotopic (exact) mass is 372 g/mol. The average Bonchev–Trinajstić information content (AvgIpc) is 3.15. The Morgan fingerprint density at radius 1 is 0.920 bits per heavy atom. The third-order valence-electron chi connectivity index (χ3n) is 5.86. The summed E-state index contributed by atoms with van der Waals surface area (Å²) in [7, 11) is 0. The van der Waals surface area contributed by atoms with E-state index >= 15 is 0 Å². The van der Waals surface area contributed by atoms with Crippen LogP contribution in [0, 0.1) is 5.92 Å². The van der Waals surface area contributed by atoms with Crippen molar-refractivity contribution in [2.24, 2.45) is 11.7 Å². The number of carbonyl (C=O) groups excluding carboxylic acids is 2. The first-order valence-electron chi connectivity index (χ1n) is 9.68. The van der Waals surface area contributed by atoms with Crippen LogP contribution >= 0.6 is 12.4 Å². The maximum absolute atomic E-state index is 13.1. The molecule has 3 rings (SSSR count). The lowest BCUT2D eigenvalue weighted by Crippen LogP contribution is -2.56.